The van der Waals surface area contributed by atoms with Gasteiger partial charge in [-0.25, -0.2) is 0 Å². The van der Waals surface area contributed by atoms with Crippen molar-refractivity contribution >= 4 is 23.2 Å². The van der Waals surface area contributed by atoms with Crippen molar-refractivity contribution in [3.05, 3.63) is 29.6 Å². The van der Waals surface area contributed by atoms with Crippen LogP contribution in [0.25, 0.3) is 0 Å². The predicted octanol–water partition coefficient (Wildman–Crippen LogP) is 2.78. The number of aliphatic imine (C=N–C) groups is 1. The van der Waals surface area contributed by atoms with Crippen LogP contribution in [0.2, 0.25) is 0 Å². The molecule has 1 heterocycles. The van der Waals surface area contributed by atoms with E-state index in [0.29, 0.717) is 5.56 Å². The molecule has 9 heteroatoms. The normalized spacial score (nSPS) is 10.0. The van der Waals surface area contributed by atoms with Gasteiger partial charge >= 0.3 is 0 Å². The number of benzene rings is 1. The summed E-state index contributed by atoms with van der Waals surface area (Å²) in [5.41, 5.74) is 0.189. The minimum atomic E-state index is -0.407. The van der Waals surface area contributed by atoms with Gasteiger partial charge in [0.25, 0.3) is 0 Å². The van der Waals surface area contributed by atoms with E-state index in [1.54, 1.807) is 19.1 Å². The van der Waals surface area contributed by atoms with E-state index in [0.717, 1.165) is 0 Å². The van der Waals surface area contributed by atoms with Gasteiger partial charge < -0.3 is 15.2 Å². The van der Waals surface area contributed by atoms with Crippen LogP contribution in [-0.2, 0) is 0 Å². The van der Waals surface area contributed by atoms with Crippen LogP contribution in [0.15, 0.2) is 27.9 Å². The zero-order valence-electron chi connectivity index (χ0n) is 11.9. The molecule has 0 fully saturated rings. The quantitative estimate of drug-likeness (QED) is 0.587. The minimum Gasteiger partial charge on any atom is -0.505 e. The minimum absolute atomic E-state index is 0.0370. The summed E-state index contributed by atoms with van der Waals surface area (Å²) in [6.45, 7) is 4.87. The highest BCUT2D eigenvalue weighted by Gasteiger charge is 2.15. The van der Waals surface area contributed by atoms with Crippen molar-refractivity contribution in [2.75, 3.05) is 0 Å². The maximum Gasteiger partial charge on any atom is 0.249 e. The average molecular weight is 307 g/mol. The maximum atomic E-state index is 10.1. The Bertz CT molecular complexity index is 906. The van der Waals surface area contributed by atoms with E-state index in [9.17, 15) is 10.2 Å². The zero-order chi connectivity index (χ0) is 17.0. The van der Waals surface area contributed by atoms with Crippen molar-refractivity contribution in [1.29, 1.82) is 10.5 Å². The molecule has 2 rings (SSSR count). The molecule has 0 saturated heterocycles. The number of imidazole rings is 1. The standard InChI is InChI=1S/C14H9N7O2/c1-3-17-12-10(22)4-7(2)11(13(12)23)20-21-14-18-8(5-15)9(6-16)19-14/h4,22-23H,1H2,2H3,(H,18,19). The Morgan fingerprint density at radius 1 is 1.22 bits per heavy atom. The third-order valence-electron chi connectivity index (χ3n) is 2.76. The molecule has 0 aliphatic rings. The van der Waals surface area contributed by atoms with Crippen molar-refractivity contribution in [2.24, 2.45) is 15.2 Å². The number of nitriles is 2. The van der Waals surface area contributed by atoms with Crippen LogP contribution in [0.3, 0.4) is 0 Å². The Morgan fingerprint density at radius 2 is 1.96 bits per heavy atom. The molecule has 3 N–H and O–H groups in total. The first kappa shape index (κ1) is 15.4. The van der Waals surface area contributed by atoms with Gasteiger partial charge in [-0.1, -0.05) is 0 Å². The fraction of sp³-hybridized carbons (Fsp3) is 0.0714. The highest BCUT2D eigenvalue weighted by atomic mass is 16.3. The molecule has 0 aliphatic carbocycles. The molecule has 112 valence electrons. The Labute approximate surface area is 130 Å². The molecule has 0 saturated carbocycles. The number of phenolic OH excluding ortho intramolecular Hbond substituents is 2. The number of nitrogens with zero attached hydrogens (tertiary/aromatic N) is 6. The Morgan fingerprint density at radius 3 is 2.52 bits per heavy atom. The van der Waals surface area contributed by atoms with Crippen molar-refractivity contribution in [3.8, 4) is 23.6 Å². The van der Waals surface area contributed by atoms with Crippen LogP contribution >= 0.6 is 0 Å². The van der Waals surface area contributed by atoms with Gasteiger partial charge in [0.15, 0.2) is 22.8 Å². The van der Waals surface area contributed by atoms with Crippen LogP contribution in [0.4, 0.5) is 17.3 Å². The lowest BCUT2D eigenvalue weighted by Gasteiger charge is -2.06. The second-order valence-electron chi connectivity index (χ2n) is 4.24. The van der Waals surface area contributed by atoms with E-state index in [1.165, 1.54) is 6.07 Å². The fourth-order valence-corrected chi connectivity index (χ4v) is 1.74. The molecule has 0 aliphatic heterocycles. The van der Waals surface area contributed by atoms with Gasteiger partial charge in [0.05, 0.1) is 0 Å². The molecule has 0 atom stereocenters. The van der Waals surface area contributed by atoms with Crippen LogP contribution in [-0.4, -0.2) is 26.1 Å². The summed E-state index contributed by atoms with van der Waals surface area (Å²) in [5.74, 6) is 1.47. The summed E-state index contributed by atoms with van der Waals surface area (Å²) < 4.78 is 0. The fourth-order valence-electron chi connectivity index (χ4n) is 1.74. The van der Waals surface area contributed by atoms with Crippen molar-refractivity contribution in [2.45, 2.75) is 6.92 Å². The lowest BCUT2D eigenvalue weighted by molar-refractivity contribution is 0.453. The van der Waals surface area contributed by atoms with E-state index in [1.807, 2.05) is 0 Å². The molecule has 0 amide bonds. The first-order valence-corrected chi connectivity index (χ1v) is 6.12. The number of H-pyrrole nitrogens is 1. The number of aromatic amines is 1. The van der Waals surface area contributed by atoms with Gasteiger partial charge in [-0.15, -0.1) is 10.2 Å². The molecule has 0 bridgehead atoms. The topological polar surface area (TPSA) is 154 Å². The Hall–Kier alpha value is -3.94. The van der Waals surface area contributed by atoms with Crippen molar-refractivity contribution in [3.63, 3.8) is 0 Å². The van der Waals surface area contributed by atoms with Gasteiger partial charge in [-0.2, -0.15) is 20.5 Å². The number of aromatic nitrogens is 2. The maximum absolute atomic E-state index is 10.1. The zero-order valence-corrected chi connectivity index (χ0v) is 11.9. The summed E-state index contributed by atoms with van der Waals surface area (Å²) in [4.78, 5) is 9.92. The average Bonchev–Trinajstić information content (AvgIpc) is 2.93. The lowest BCUT2D eigenvalue weighted by Crippen LogP contribution is -1.79. The number of aromatic hydroxyl groups is 2. The molecule has 23 heavy (non-hydrogen) atoms. The lowest BCUT2D eigenvalue weighted by atomic mass is 10.1. The van der Waals surface area contributed by atoms with Gasteiger partial charge in [-0.3, -0.25) is 0 Å². The van der Waals surface area contributed by atoms with E-state index in [-0.39, 0.29) is 34.5 Å². The van der Waals surface area contributed by atoms with Crippen LogP contribution in [0.1, 0.15) is 17.0 Å². The summed E-state index contributed by atoms with van der Waals surface area (Å²) in [5, 5.41) is 45.0. The van der Waals surface area contributed by atoms with Gasteiger partial charge in [0.1, 0.15) is 23.6 Å². The summed E-state index contributed by atoms with van der Waals surface area (Å²) in [7, 11) is 0. The number of hydrogen-bond donors (Lipinski definition) is 3. The summed E-state index contributed by atoms with van der Waals surface area (Å²) in [6.07, 6.45) is 0. The third kappa shape index (κ3) is 2.90. The molecule has 1 aromatic heterocycles. The van der Waals surface area contributed by atoms with Gasteiger partial charge in [0, 0.05) is 0 Å². The molecule has 0 spiro atoms. The largest absolute Gasteiger partial charge is 0.505 e. The molecular formula is C14H9N7O2. The van der Waals surface area contributed by atoms with E-state index in [2.05, 4.69) is 37.6 Å². The molecule has 2 aromatic rings. The van der Waals surface area contributed by atoms with Crippen molar-refractivity contribution < 1.29 is 10.2 Å². The Kier molecular flexibility index (Phi) is 4.18. The summed E-state index contributed by atoms with van der Waals surface area (Å²) >= 11 is 0. The monoisotopic (exact) mass is 307 g/mol. The Balaban J connectivity index is 2.50. The van der Waals surface area contributed by atoms with Crippen LogP contribution < -0.4 is 0 Å². The van der Waals surface area contributed by atoms with E-state index in [4.69, 9.17) is 10.5 Å². The van der Waals surface area contributed by atoms with Gasteiger partial charge in [0.2, 0.25) is 5.95 Å². The number of hydrogen-bond acceptors (Lipinski definition) is 8. The number of azo groups is 1. The molecule has 0 unspecified atom stereocenters. The second kappa shape index (κ2) is 6.22. The smallest absolute Gasteiger partial charge is 0.249 e. The second-order valence-corrected chi connectivity index (χ2v) is 4.24. The van der Waals surface area contributed by atoms with E-state index < -0.39 is 5.75 Å². The molecule has 9 nitrogen and oxygen atoms in total. The number of rotatable bonds is 3. The highest BCUT2D eigenvalue weighted by Crippen LogP contribution is 2.45. The highest BCUT2D eigenvalue weighted by molar-refractivity contribution is 5.76. The van der Waals surface area contributed by atoms with Gasteiger partial charge in [-0.05, 0) is 31.0 Å². The predicted molar refractivity (Wildman–Crippen MR) is 79.4 cm³/mol. The third-order valence-corrected chi connectivity index (χ3v) is 2.76. The molecular weight excluding hydrogens is 298 g/mol. The van der Waals surface area contributed by atoms with Crippen molar-refractivity contribution in [1.82, 2.24) is 9.97 Å². The first-order chi connectivity index (χ1) is 11.0. The number of aryl methyl sites for hydroxylation is 1. The summed E-state index contributed by atoms with van der Waals surface area (Å²) in [6, 6.07) is 4.85. The van der Waals surface area contributed by atoms with Crippen LogP contribution in [0, 0.1) is 29.6 Å². The number of nitrogens with one attached hydrogen (secondary N) is 1. The number of phenols is 2. The first-order valence-electron chi connectivity index (χ1n) is 6.12. The molecule has 0 radical (unpaired) electrons. The SMILES string of the molecule is C=C=Nc1c(O)cc(C)c(N=Nc2nc(C#N)c(C#N)[nH]2)c1O. The molecule has 1 aromatic carbocycles. The van der Waals surface area contributed by atoms with Crippen LogP contribution in [0.5, 0.6) is 11.5 Å². The van der Waals surface area contributed by atoms with E-state index >= 15 is 0 Å².